The monoisotopic (exact) mass is 1400 g/mol. The van der Waals surface area contributed by atoms with Crippen molar-refractivity contribution in [1.29, 1.82) is 0 Å². The van der Waals surface area contributed by atoms with Crippen LogP contribution in [0.15, 0.2) is 315 Å². The van der Waals surface area contributed by atoms with Gasteiger partial charge in [-0.3, -0.25) is 39.9 Å². The van der Waals surface area contributed by atoms with Crippen LogP contribution in [0.1, 0.15) is 157 Å². The summed E-state index contributed by atoms with van der Waals surface area (Å²) in [6, 6.07) is 70.4. The third kappa shape index (κ3) is 12.4. The van der Waals surface area contributed by atoms with E-state index < -0.39 is 0 Å². The third-order valence-corrected chi connectivity index (χ3v) is 21.1. The lowest BCUT2D eigenvalue weighted by Crippen LogP contribution is -2.24. The number of hydrogen-bond donors (Lipinski definition) is 2. The maximum atomic E-state index is 6.55. The highest BCUT2D eigenvalue weighted by Gasteiger charge is 2.40. The van der Waals surface area contributed by atoms with E-state index in [0.29, 0.717) is 0 Å². The molecular weight excluding hydrogens is 1320 g/mol. The van der Waals surface area contributed by atoms with Gasteiger partial charge in [0.2, 0.25) is 0 Å². The van der Waals surface area contributed by atoms with Gasteiger partial charge in [0.05, 0.1) is 44.9 Å². The maximum absolute atomic E-state index is 6.55. The Kier molecular flexibility index (Phi) is 18.2. The Morgan fingerprint density at radius 3 is 0.639 bits per heavy atom. The Bertz CT molecular complexity index is 5670. The summed E-state index contributed by atoms with van der Waals surface area (Å²) in [6.07, 6.45) is 30.2. The first-order valence-electron chi connectivity index (χ1n) is 37.0. The zero-order valence-electron chi connectivity index (χ0n) is 61.5. The topological polar surface area (TPSA) is 159 Å². The van der Waals surface area contributed by atoms with Crippen LogP contribution >= 0.6 is 0 Å². The Morgan fingerprint density at radius 1 is 0.194 bits per heavy atom. The Morgan fingerprint density at radius 2 is 0.398 bits per heavy atom. The van der Waals surface area contributed by atoms with Gasteiger partial charge in [0, 0.05) is 166 Å². The molecule has 3 aliphatic rings. The van der Waals surface area contributed by atoms with Crippen molar-refractivity contribution in [2.45, 2.75) is 79.1 Å². The van der Waals surface area contributed by atoms with Crippen molar-refractivity contribution in [3.8, 4) is 44.5 Å². The molecule has 1 aliphatic carbocycles. The number of aromatic amines is 2. The minimum Gasteiger partial charge on any atom is -0.353 e. The molecule has 14 aromatic rings. The van der Waals surface area contributed by atoms with Crippen molar-refractivity contribution >= 4 is 56.0 Å². The van der Waals surface area contributed by atoms with Crippen molar-refractivity contribution in [2.75, 3.05) is 0 Å². The highest BCUT2D eigenvalue weighted by molar-refractivity contribution is 6.53. The molecule has 4 aromatic carbocycles. The van der Waals surface area contributed by atoms with Gasteiger partial charge in [-0.1, -0.05) is 152 Å². The first kappa shape index (κ1) is 67.8. The summed E-state index contributed by atoms with van der Waals surface area (Å²) >= 11 is 0. The number of aromatic nitrogens is 10. The lowest BCUT2D eigenvalue weighted by molar-refractivity contribution is 0.866. The van der Waals surface area contributed by atoms with Gasteiger partial charge in [0.15, 0.2) is 0 Å². The second kappa shape index (κ2) is 29.0. The molecule has 12 heterocycles. The first-order valence-corrected chi connectivity index (χ1v) is 37.0. The molecule has 17 rings (SSSR count). The molecule has 10 aromatic heterocycles. The van der Waals surface area contributed by atoms with E-state index in [1.54, 1.807) is 0 Å². The first-order chi connectivity index (χ1) is 52.9. The number of fused-ring (bicyclic) bond motifs is 10. The molecule has 0 unspecified atom stereocenters. The third-order valence-electron chi connectivity index (χ3n) is 21.1. The zero-order valence-corrected chi connectivity index (χ0v) is 61.5. The number of rotatable bonds is 16. The van der Waals surface area contributed by atoms with Crippen LogP contribution in [-0.4, -0.2) is 61.3 Å². The average molecular weight is 1400 g/mol. The van der Waals surface area contributed by atoms with E-state index in [4.69, 9.17) is 49.9 Å². The summed E-state index contributed by atoms with van der Waals surface area (Å²) in [5.41, 5.74) is 31.1. The maximum Gasteiger partial charge on any atom is 0.0822 e. The Hall–Kier alpha value is -13.3. The summed E-state index contributed by atoms with van der Waals surface area (Å²) < 4.78 is 0. The van der Waals surface area contributed by atoms with Crippen LogP contribution in [0.4, 0.5) is 0 Å². The predicted molar refractivity (Wildman–Crippen MR) is 438 cm³/mol. The number of nitrogens with one attached hydrogen (secondary N) is 2. The summed E-state index contributed by atoms with van der Waals surface area (Å²) in [5.74, 6) is 0.943. The fourth-order valence-electron chi connectivity index (χ4n) is 15.6. The fourth-order valence-corrected chi connectivity index (χ4v) is 15.6. The highest BCUT2D eigenvalue weighted by atomic mass is 14.9. The Labute approximate surface area is 629 Å². The molecule has 8 bridgehead atoms. The van der Waals surface area contributed by atoms with Crippen LogP contribution in [0.3, 0.4) is 0 Å². The molecule has 2 aliphatic heterocycles. The normalized spacial score (nSPS) is 13.8. The number of hydrogen-bond acceptors (Lipinski definition) is 10. The van der Waals surface area contributed by atoms with E-state index in [0.717, 1.165) is 179 Å². The number of H-pyrrole nitrogens is 2. The number of benzene rings is 4. The summed E-state index contributed by atoms with van der Waals surface area (Å²) in [7, 11) is 0. The number of aliphatic imine (C=N–C) groups is 2. The van der Waals surface area contributed by atoms with E-state index in [-0.39, 0.29) is 23.7 Å². The minimum atomic E-state index is 0.236. The van der Waals surface area contributed by atoms with Gasteiger partial charge in [-0.25, -0.2) is 9.98 Å². The van der Waals surface area contributed by atoms with Crippen LogP contribution in [0, 0.1) is 0 Å². The smallest absolute Gasteiger partial charge is 0.0822 e. The highest BCUT2D eigenvalue weighted by Crippen LogP contribution is 2.54. The van der Waals surface area contributed by atoms with E-state index in [1.165, 1.54) is 22.3 Å². The zero-order chi connectivity index (χ0) is 73.5. The van der Waals surface area contributed by atoms with Gasteiger partial charge in [-0.05, 0) is 210 Å². The summed E-state index contributed by atoms with van der Waals surface area (Å²) in [6.45, 7) is 18.0. The molecule has 0 amide bonds. The number of allylic oxidation sites excluding steroid dienone is 4. The molecule has 0 radical (unpaired) electrons. The SMILES string of the molecule is CC(C)c1ccc(C2=C3N=C(C(c4ccncc4)=C3c3ccncc3)C(c3ccc(C(C)C)cc3)=c3[nH]c(c(-c4ccncc4)c3-c3ccncc3)=C(c3ccc(C(C)C)cc3)C3=NC(=C(c4ccc(C(C)C)cc4)c4[nH]c2c(-c2ccncc2)c4-c2ccncc2)C(c2ccncc2)=C3c2ccncc2)cc1. The molecule has 12 nitrogen and oxygen atoms in total. The molecule has 0 fully saturated rings. The number of nitrogens with zero attached hydrogens (tertiary/aromatic N) is 10. The van der Waals surface area contributed by atoms with Crippen molar-refractivity contribution in [1.82, 2.24) is 49.8 Å². The second-order valence-electron chi connectivity index (χ2n) is 28.9. The van der Waals surface area contributed by atoms with Gasteiger partial charge >= 0.3 is 0 Å². The standard InChI is InChI=1S/C96H78N12/c1-57(2)61-9-17-65(18-10-61)85-89-77(69-25-41-97-42-26-69)79(71-29-45-99-46-30-71)91(105-89)86(66-19-11-62(12-20-66)58(3)4)93-81(73-33-49-101-50-34-73)83(75-37-53-103-54-38-75)95(107-93)88(68-23-15-64(16-24-68)60(7)8)96-84(76-39-55-104-56-40-76)82(74-35-51-102-52-36-74)94(108-96)87(67-21-13-63(14-22-67)59(5)6)92-80(72-31-47-100-48-32-72)78(90(85)106-92)70-27-43-98-44-28-70/h9-60,105,108H,1-8H3. The molecule has 522 valence electrons. The van der Waals surface area contributed by atoms with E-state index in [9.17, 15) is 0 Å². The summed E-state index contributed by atoms with van der Waals surface area (Å²) in [5, 5.41) is 1.63. The summed E-state index contributed by atoms with van der Waals surface area (Å²) in [4.78, 5) is 60.0. The van der Waals surface area contributed by atoms with Crippen LogP contribution in [0.5, 0.6) is 0 Å². The quantitative estimate of drug-likeness (QED) is 0.0967. The Balaban J connectivity index is 1.24. The van der Waals surface area contributed by atoms with Crippen LogP contribution in [-0.2, 0) is 0 Å². The number of pyridine rings is 8. The predicted octanol–water partition coefficient (Wildman–Crippen LogP) is 20.4. The molecular formula is C96H78N12. The lowest BCUT2D eigenvalue weighted by atomic mass is 9.83. The molecule has 0 atom stereocenters. The fraction of sp³-hybridized carbons (Fsp3) is 0.125. The molecule has 0 spiro atoms. The van der Waals surface area contributed by atoms with E-state index in [1.807, 2.05) is 99.1 Å². The minimum absolute atomic E-state index is 0.236. The van der Waals surface area contributed by atoms with Crippen molar-refractivity contribution in [3.63, 3.8) is 0 Å². The lowest BCUT2D eigenvalue weighted by Gasteiger charge is -2.18. The van der Waals surface area contributed by atoms with Gasteiger partial charge in [-0.15, -0.1) is 0 Å². The molecule has 108 heavy (non-hydrogen) atoms. The molecule has 2 N–H and O–H groups in total. The van der Waals surface area contributed by atoms with Crippen molar-refractivity contribution in [3.05, 3.63) is 394 Å². The van der Waals surface area contributed by atoms with Gasteiger partial charge in [0.1, 0.15) is 0 Å². The van der Waals surface area contributed by atoms with Gasteiger partial charge in [-0.2, -0.15) is 0 Å². The van der Waals surface area contributed by atoms with Gasteiger partial charge in [0.25, 0.3) is 0 Å². The second-order valence-corrected chi connectivity index (χ2v) is 28.9. The molecule has 12 heteroatoms. The average Bonchev–Trinajstić information content (AvgIpc) is 1.55. The van der Waals surface area contributed by atoms with E-state index >= 15 is 0 Å². The largest absolute Gasteiger partial charge is 0.353 e. The van der Waals surface area contributed by atoms with Gasteiger partial charge < -0.3 is 9.97 Å². The molecule has 0 saturated carbocycles. The van der Waals surface area contributed by atoms with Crippen molar-refractivity contribution in [2.24, 2.45) is 9.98 Å². The van der Waals surface area contributed by atoms with Crippen LogP contribution in [0.2, 0.25) is 0 Å². The van der Waals surface area contributed by atoms with Crippen molar-refractivity contribution < 1.29 is 0 Å². The van der Waals surface area contributed by atoms with Crippen LogP contribution < -0.4 is 10.7 Å². The van der Waals surface area contributed by atoms with Crippen LogP contribution in [0.25, 0.3) is 89.1 Å². The molecule has 0 saturated heterocycles. The van der Waals surface area contributed by atoms with E-state index in [2.05, 4.69) is 259 Å².